The van der Waals surface area contributed by atoms with Crippen LogP contribution < -0.4 is 5.32 Å². The summed E-state index contributed by atoms with van der Waals surface area (Å²) in [5, 5.41) is 13.8. The fraction of sp³-hybridized carbons (Fsp3) is 0.925. The molecule has 12 heteroatoms. The van der Waals surface area contributed by atoms with E-state index in [-0.39, 0.29) is 103 Å². The maximum Gasteiger partial charge on any atom is 0.172 e. The molecular formula is C40H61NO11. The molecule has 19 atom stereocenters. The highest BCUT2D eigenvalue weighted by atomic mass is 16.8. The van der Waals surface area contributed by atoms with E-state index in [4.69, 9.17) is 42.6 Å². The lowest BCUT2D eigenvalue weighted by Gasteiger charge is -2.47. The van der Waals surface area contributed by atoms with Crippen molar-refractivity contribution in [2.75, 3.05) is 20.7 Å². The summed E-state index contributed by atoms with van der Waals surface area (Å²) in [6.45, 7) is 7.19. The normalized spacial score (nSPS) is 52.3. The third kappa shape index (κ3) is 6.88. The first-order valence-corrected chi connectivity index (χ1v) is 20.5. The van der Waals surface area contributed by atoms with E-state index < -0.39 is 11.9 Å². The van der Waals surface area contributed by atoms with Crippen molar-refractivity contribution in [3.63, 3.8) is 0 Å². The predicted molar refractivity (Wildman–Crippen MR) is 187 cm³/mol. The fourth-order valence-electron chi connectivity index (χ4n) is 11.5. The quantitative estimate of drug-likeness (QED) is 0.401. The van der Waals surface area contributed by atoms with E-state index in [9.17, 15) is 9.90 Å². The smallest absolute Gasteiger partial charge is 0.172 e. The molecular weight excluding hydrogens is 670 g/mol. The molecule has 2 N–H and O–H groups in total. The van der Waals surface area contributed by atoms with Gasteiger partial charge in [-0.1, -0.05) is 13.5 Å². The topological polar surface area (TPSA) is 132 Å². The van der Waals surface area contributed by atoms with Crippen LogP contribution in [0.5, 0.6) is 0 Å². The molecule has 10 fully saturated rings. The third-order valence-electron chi connectivity index (χ3n) is 14.1. The number of ketones is 1. The highest BCUT2D eigenvalue weighted by Crippen LogP contribution is 2.54. The van der Waals surface area contributed by atoms with Gasteiger partial charge in [0.15, 0.2) is 5.79 Å². The van der Waals surface area contributed by atoms with Crippen LogP contribution in [0.1, 0.15) is 96.8 Å². The zero-order valence-corrected chi connectivity index (χ0v) is 31.2. The van der Waals surface area contributed by atoms with Gasteiger partial charge in [0, 0.05) is 58.1 Å². The van der Waals surface area contributed by atoms with Crippen molar-refractivity contribution in [2.45, 2.75) is 200 Å². The largest absolute Gasteiger partial charge is 0.392 e. The number of Topliss-reactive ketones (excluding diaryl/α,β-unsaturated/α-hetero) is 1. The Labute approximate surface area is 308 Å². The second-order valence-corrected chi connectivity index (χ2v) is 17.6. The molecule has 1 unspecified atom stereocenters. The second kappa shape index (κ2) is 14.8. The standard InChI is InChI=1S/C40H61NO11/c1-20-13-26-8-7-24-5-6-25(45-24)11-12-40-18-33-36(51-40)37-38(50-33)39(52-40)35-29(49-37)10-9-27(47-35)14-22(42)15-28-31(17-30(46-26)21(20)2)48-32(34(28)44-4)16-23(43)19-41-3/h20,23-39,41,43H,2,5-19H2,1,3-4H3/t20-,23+,24-,25-,26+,27-,28+,29+,30-,31+,32-,33-,34-,35+,36+,37+,38?,39+,40+/m1/s1. The van der Waals surface area contributed by atoms with Gasteiger partial charge in [0.05, 0.1) is 67.1 Å². The van der Waals surface area contributed by atoms with Crippen molar-refractivity contribution >= 4 is 5.78 Å². The zero-order chi connectivity index (χ0) is 35.7. The van der Waals surface area contributed by atoms with Crippen LogP contribution in [0.4, 0.5) is 0 Å². The molecule has 0 aromatic rings. The molecule has 10 aliphatic heterocycles. The summed E-state index contributed by atoms with van der Waals surface area (Å²) in [5.74, 6) is -0.479. The number of rotatable bonds is 5. The Morgan fingerprint density at radius 3 is 2.35 bits per heavy atom. The molecule has 0 aromatic carbocycles. The molecule has 0 radical (unpaired) electrons. The third-order valence-corrected chi connectivity index (χ3v) is 14.1. The number of carbonyl (C=O) groups is 1. The number of hydrogen-bond acceptors (Lipinski definition) is 12. The van der Waals surface area contributed by atoms with Crippen LogP contribution in [-0.2, 0) is 47.4 Å². The number of likely N-dealkylation sites (N-methyl/N-ethyl adjacent to an activating group) is 1. The average Bonchev–Trinajstić information content (AvgIpc) is 3.83. The predicted octanol–water partition coefficient (Wildman–Crippen LogP) is 3.53. The average molecular weight is 732 g/mol. The van der Waals surface area contributed by atoms with Crippen molar-refractivity contribution in [1.82, 2.24) is 5.32 Å². The van der Waals surface area contributed by atoms with Gasteiger partial charge >= 0.3 is 0 Å². The van der Waals surface area contributed by atoms with Crippen LogP contribution in [0.25, 0.3) is 0 Å². The van der Waals surface area contributed by atoms with Crippen molar-refractivity contribution < 1.29 is 52.5 Å². The molecule has 52 heavy (non-hydrogen) atoms. The van der Waals surface area contributed by atoms with E-state index in [1.165, 1.54) is 0 Å². The van der Waals surface area contributed by atoms with Crippen molar-refractivity contribution in [1.29, 1.82) is 0 Å². The molecule has 12 nitrogen and oxygen atoms in total. The molecule has 0 saturated carbocycles. The summed E-state index contributed by atoms with van der Waals surface area (Å²) in [6, 6.07) is 0. The molecule has 0 aliphatic carbocycles. The molecule has 10 heterocycles. The Morgan fingerprint density at radius 1 is 0.808 bits per heavy atom. The summed E-state index contributed by atoms with van der Waals surface area (Å²) in [6.07, 6.45) is 7.64. The Morgan fingerprint density at radius 2 is 1.54 bits per heavy atom. The van der Waals surface area contributed by atoms with Crippen molar-refractivity contribution in [2.24, 2.45) is 11.8 Å². The summed E-state index contributed by atoms with van der Waals surface area (Å²) in [5.41, 5.74) is 1.09. The highest BCUT2D eigenvalue weighted by molar-refractivity contribution is 5.79. The lowest BCUT2D eigenvalue weighted by Crippen LogP contribution is -2.61. The Hall–Kier alpha value is -1.03. The number of fused-ring (bicyclic) bond motifs is 6. The fourth-order valence-corrected chi connectivity index (χ4v) is 11.5. The van der Waals surface area contributed by atoms with Gasteiger partial charge < -0.3 is 53.1 Å². The van der Waals surface area contributed by atoms with Crippen LogP contribution in [0.2, 0.25) is 0 Å². The van der Waals surface area contributed by atoms with Gasteiger partial charge in [-0.15, -0.1) is 0 Å². The first kappa shape index (κ1) is 36.6. The number of methoxy groups -OCH3 is 1. The first-order valence-electron chi connectivity index (χ1n) is 20.5. The van der Waals surface area contributed by atoms with E-state index in [0.29, 0.717) is 44.6 Å². The lowest BCUT2D eigenvalue weighted by atomic mass is 9.81. The van der Waals surface area contributed by atoms with Crippen molar-refractivity contribution in [3.8, 4) is 0 Å². The Kier molecular flexibility index (Phi) is 10.4. The maximum atomic E-state index is 14.1. The summed E-state index contributed by atoms with van der Waals surface area (Å²) >= 11 is 0. The molecule has 1 spiro atoms. The number of ether oxygens (including phenoxy) is 9. The number of carbonyl (C=O) groups excluding carboxylic acids is 1. The Balaban J connectivity index is 0.980. The maximum absolute atomic E-state index is 14.1. The first-order chi connectivity index (χ1) is 25.2. The number of aliphatic hydroxyl groups excluding tert-OH is 1. The molecule has 0 amide bonds. The van der Waals surface area contributed by atoms with Gasteiger partial charge in [0.25, 0.3) is 0 Å². The van der Waals surface area contributed by atoms with E-state index >= 15 is 0 Å². The summed E-state index contributed by atoms with van der Waals surface area (Å²) in [7, 11) is 3.51. The van der Waals surface area contributed by atoms with Crippen LogP contribution in [0, 0.1) is 11.8 Å². The van der Waals surface area contributed by atoms with Gasteiger partial charge in [0.1, 0.15) is 36.3 Å². The summed E-state index contributed by atoms with van der Waals surface area (Å²) in [4.78, 5) is 14.1. The van der Waals surface area contributed by atoms with Gasteiger partial charge in [-0.05, 0) is 69.9 Å². The lowest BCUT2D eigenvalue weighted by molar-refractivity contribution is -0.292. The summed E-state index contributed by atoms with van der Waals surface area (Å²) < 4.78 is 60.2. The number of nitrogens with one attached hydrogen (secondary N) is 1. The van der Waals surface area contributed by atoms with E-state index in [2.05, 4.69) is 18.8 Å². The molecule has 10 aliphatic rings. The molecule has 10 saturated heterocycles. The van der Waals surface area contributed by atoms with Gasteiger partial charge in [-0.25, -0.2) is 0 Å². The van der Waals surface area contributed by atoms with Crippen LogP contribution >= 0.6 is 0 Å². The second-order valence-electron chi connectivity index (χ2n) is 17.6. The molecule has 0 aromatic heterocycles. The van der Waals surface area contributed by atoms with Crippen LogP contribution in [0.3, 0.4) is 0 Å². The SMILES string of the molecule is C=C1[C@H](C)C[C@@H]2CC[C@H]3CC[C@H](CC[C@@]45C[C@H]6OC7[C@@H](O[C@H]8CC[C@H](CC(=O)C[C@@H]9[C@@H](OC)[C@@H](C[C@H](O)CNC)O[C@H]9C[C@H]1O2)O[C@@H]8[C@@H]7O4)[C@H]6O5)O3. The van der Waals surface area contributed by atoms with Crippen LogP contribution in [0.15, 0.2) is 12.2 Å². The number of hydrogen-bond donors (Lipinski definition) is 2. The number of aliphatic hydroxyl groups is 1. The van der Waals surface area contributed by atoms with E-state index in [0.717, 1.165) is 63.4 Å². The van der Waals surface area contributed by atoms with E-state index in [1.807, 2.05) is 7.05 Å². The van der Waals surface area contributed by atoms with Gasteiger partial charge in [0.2, 0.25) is 0 Å². The monoisotopic (exact) mass is 731 g/mol. The minimum Gasteiger partial charge on any atom is -0.392 e. The molecule has 10 rings (SSSR count). The Bertz CT molecular complexity index is 1320. The van der Waals surface area contributed by atoms with Crippen LogP contribution in [-0.4, -0.2) is 135 Å². The van der Waals surface area contributed by atoms with Crippen molar-refractivity contribution in [3.05, 3.63) is 12.2 Å². The minimum atomic E-state index is -0.736. The highest BCUT2D eigenvalue weighted by Gasteiger charge is 2.68. The van der Waals surface area contributed by atoms with E-state index in [1.54, 1.807) is 7.11 Å². The van der Waals surface area contributed by atoms with Gasteiger partial charge in [-0.3, -0.25) is 4.79 Å². The zero-order valence-electron chi connectivity index (χ0n) is 31.2. The minimum absolute atomic E-state index is 0.0412. The van der Waals surface area contributed by atoms with Gasteiger partial charge in [-0.2, -0.15) is 0 Å². The molecule has 292 valence electrons. The molecule has 12 bridgehead atoms.